The molecule has 0 amide bonds. The highest BCUT2D eigenvalue weighted by molar-refractivity contribution is 6.22. The quantitative estimate of drug-likeness (QED) is 0.189. The molecule has 1 heterocycles. The first-order valence-electron chi connectivity index (χ1n) is 18.0. The van der Waals surface area contributed by atoms with Gasteiger partial charge in [0.1, 0.15) is 11.2 Å². The van der Waals surface area contributed by atoms with E-state index in [0.29, 0.717) is 16.7 Å². The number of hydrogen-bond acceptors (Lipinski definition) is 1. The summed E-state index contributed by atoms with van der Waals surface area (Å²) in [7, 11) is 0. The van der Waals surface area contributed by atoms with Crippen molar-refractivity contribution in [2.75, 3.05) is 0 Å². The van der Waals surface area contributed by atoms with Gasteiger partial charge in [-0.1, -0.05) is 158 Å². The molecule has 1 heteroatoms. The Kier molecular flexibility index (Phi) is 4.63. The van der Waals surface area contributed by atoms with Crippen LogP contribution >= 0.6 is 0 Å². The van der Waals surface area contributed by atoms with E-state index in [0.717, 1.165) is 43.8 Å². The maximum Gasteiger partial charge on any atom is 0.143 e. The molecule has 0 spiro atoms. The molecule has 0 saturated carbocycles. The van der Waals surface area contributed by atoms with Crippen LogP contribution in [0.1, 0.15) is 8.22 Å². The van der Waals surface area contributed by atoms with Crippen LogP contribution in [0.3, 0.4) is 0 Å². The van der Waals surface area contributed by atoms with Gasteiger partial charge in [-0.2, -0.15) is 0 Å². The summed E-state index contributed by atoms with van der Waals surface area (Å²) in [4.78, 5) is 0. The second-order valence-electron chi connectivity index (χ2n) is 11.2. The predicted molar refractivity (Wildman–Crippen MR) is 190 cm³/mol. The highest BCUT2D eigenvalue weighted by Gasteiger charge is 2.18. The monoisotopic (exact) mass is 578 g/mol. The van der Waals surface area contributed by atoms with Gasteiger partial charge < -0.3 is 4.42 Å². The van der Waals surface area contributed by atoms with E-state index in [9.17, 15) is 4.11 Å². The van der Waals surface area contributed by atoms with Crippen molar-refractivity contribution in [2.24, 2.45) is 0 Å². The number of hydrogen-bond donors (Lipinski definition) is 0. The summed E-state index contributed by atoms with van der Waals surface area (Å²) in [5.74, 6) is 0. The fourth-order valence-corrected chi connectivity index (χ4v) is 6.52. The lowest BCUT2D eigenvalue weighted by Gasteiger charge is -2.18. The van der Waals surface area contributed by atoms with E-state index in [2.05, 4.69) is 48.5 Å². The second kappa shape index (κ2) is 10.4. The average Bonchev–Trinajstić information content (AvgIpc) is 3.58. The molecule has 0 fully saturated rings. The van der Waals surface area contributed by atoms with E-state index in [1.54, 1.807) is 0 Å². The summed E-state index contributed by atoms with van der Waals surface area (Å²) in [6.07, 6.45) is 0. The van der Waals surface area contributed by atoms with E-state index in [4.69, 9.17) is 8.53 Å². The Morgan fingerprint density at radius 1 is 0.378 bits per heavy atom. The summed E-state index contributed by atoms with van der Waals surface area (Å²) >= 11 is 0. The molecule has 0 saturated heterocycles. The lowest BCUT2D eigenvalue weighted by molar-refractivity contribution is 0.670. The van der Waals surface area contributed by atoms with Crippen molar-refractivity contribution in [3.8, 4) is 44.5 Å². The summed E-state index contributed by atoms with van der Waals surface area (Å²) in [5, 5.41) is 3.89. The van der Waals surface area contributed by atoms with Crippen LogP contribution in [-0.2, 0) is 0 Å². The third-order valence-electron chi connectivity index (χ3n) is 8.59. The first-order chi connectivity index (χ1) is 24.8. The molecule has 9 rings (SSSR count). The fourth-order valence-electron chi connectivity index (χ4n) is 6.52. The first-order valence-corrected chi connectivity index (χ1v) is 15.0. The number of furan rings is 1. The van der Waals surface area contributed by atoms with E-state index in [-0.39, 0.29) is 63.8 Å². The van der Waals surface area contributed by atoms with Gasteiger partial charge in [0.2, 0.25) is 0 Å². The molecular weight excluding hydrogens is 544 g/mol. The molecule has 0 unspecified atom stereocenters. The number of benzene rings is 8. The van der Waals surface area contributed by atoms with Gasteiger partial charge in [0.15, 0.2) is 0 Å². The van der Waals surface area contributed by atoms with Crippen LogP contribution in [0.2, 0.25) is 0 Å². The van der Waals surface area contributed by atoms with Gasteiger partial charge in [0.25, 0.3) is 0 Å². The lowest BCUT2D eigenvalue weighted by atomic mass is 9.85. The lowest BCUT2D eigenvalue weighted by Crippen LogP contribution is -1.91. The number of rotatable bonds is 4. The molecule has 0 bridgehead atoms. The molecule has 9 aromatic rings. The van der Waals surface area contributed by atoms with Crippen LogP contribution in [0.15, 0.2) is 174 Å². The van der Waals surface area contributed by atoms with Crippen molar-refractivity contribution in [2.45, 2.75) is 0 Å². The van der Waals surface area contributed by atoms with Crippen molar-refractivity contribution in [3.63, 3.8) is 0 Å². The molecular formula is C44H28O. The molecule has 0 radical (unpaired) electrons. The first kappa shape index (κ1) is 20.1. The highest BCUT2D eigenvalue weighted by Crippen LogP contribution is 2.45. The molecule has 0 aliphatic heterocycles. The average molecular weight is 579 g/mol. The van der Waals surface area contributed by atoms with E-state index < -0.39 is 0 Å². The van der Waals surface area contributed by atoms with Crippen LogP contribution in [0, 0.1) is 0 Å². The Morgan fingerprint density at radius 2 is 0.889 bits per heavy atom. The van der Waals surface area contributed by atoms with Crippen LogP contribution in [0.4, 0.5) is 0 Å². The van der Waals surface area contributed by atoms with Gasteiger partial charge >= 0.3 is 0 Å². The zero-order valence-electron chi connectivity index (χ0n) is 30.1. The van der Waals surface area contributed by atoms with Gasteiger partial charge in [-0.15, -0.1) is 0 Å². The third kappa shape index (κ3) is 4.17. The molecule has 210 valence electrons. The van der Waals surface area contributed by atoms with Crippen molar-refractivity contribution in [1.29, 1.82) is 0 Å². The largest absolute Gasteiger partial charge is 0.455 e. The maximum absolute atomic E-state index is 9.62. The van der Waals surface area contributed by atoms with Crippen LogP contribution in [0.25, 0.3) is 88.0 Å². The molecule has 8 aromatic carbocycles. The molecule has 1 aromatic heterocycles. The van der Waals surface area contributed by atoms with Gasteiger partial charge in [-0.3, -0.25) is 0 Å². The Hall–Kier alpha value is -5.92. The molecule has 0 aliphatic carbocycles. The Morgan fingerprint density at radius 3 is 1.51 bits per heavy atom. The number of fused-ring (bicyclic) bond motifs is 5. The number of para-hydroxylation sites is 1. The van der Waals surface area contributed by atoms with Gasteiger partial charge in [0.05, 0.1) is 8.22 Å². The minimum absolute atomic E-state index is 0.0606. The van der Waals surface area contributed by atoms with E-state index in [1.807, 2.05) is 84.9 Å². The minimum Gasteiger partial charge on any atom is -0.455 e. The zero-order valence-corrected chi connectivity index (χ0v) is 24.1. The van der Waals surface area contributed by atoms with Crippen molar-refractivity contribution in [1.82, 2.24) is 0 Å². The maximum atomic E-state index is 9.62. The van der Waals surface area contributed by atoms with Crippen LogP contribution in [0.5, 0.6) is 0 Å². The minimum atomic E-state index is -0.296. The fraction of sp³-hybridized carbons (Fsp3) is 0. The summed E-state index contributed by atoms with van der Waals surface area (Å²) < 4.78 is 61.1. The molecule has 0 aliphatic rings. The Bertz CT molecular complexity index is 2790. The SMILES string of the molecule is [2H]c1c([2H])c([2H])c2c(oc3c([2H])c(-c4c5ccccc5c(-c5ccc(-c6ccccc6)cc5)c5ccccc45)c([2H])c([2H])c32)c1-c1ccccc1. The molecule has 45 heavy (non-hydrogen) atoms. The predicted octanol–water partition coefficient (Wildman–Crippen LogP) is 12.6. The van der Waals surface area contributed by atoms with E-state index >= 15 is 0 Å². The standard InChI is InChI=1S/C44H28O/c1-3-12-29(13-4-1)30-22-24-32(25-23-30)42-36-16-7-9-18-38(36)43(39-19-10-8-17-37(39)42)33-26-27-35-40-21-11-20-34(31-14-5-2-6-15-31)44(40)45-41(35)28-33/h1-28H/i11D,20D,21D,26D,27D,28D. The van der Waals surface area contributed by atoms with Crippen LogP contribution < -0.4 is 0 Å². The van der Waals surface area contributed by atoms with Crippen LogP contribution in [-0.4, -0.2) is 0 Å². The third-order valence-corrected chi connectivity index (χ3v) is 8.59. The second-order valence-corrected chi connectivity index (χ2v) is 11.2. The normalized spacial score (nSPS) is 13.4. The summed E-state index contributed by atoms with van der Waals surface area (Å²) in [5.41, 5.74) is 6.44. The Labute approximate surface area is 270 Å². The Balaban J connectivity index is 1.36. The van der Waals surface area contributed by atoms with Gasteiger partial charge in [-0.05, 0) is 72.6 Å². The van der Waals surface area contributed by atoms with E-state index in [1.165, 1.54) is 0 Å². The molecule has 0 N–H and O–H groups in total. The zero-order chi connectivity index (χ0) is 35.0. The topological polar surface area (TPSA) is 13.1 Å². The van der Waals surface area contributed by atoms with Gasteiger partial charge in [0, 0.05) is 16.3 Å². The van der Waals surface area contributed by atoms with Gasteiger partial charge in [-0.25, -0.2) is 0 Å². The summed E-state index contributed by atoms with van der Waals surface area (Å²) in [6.45, 7) is 0. The van der Waals surface area contributed by atoms with Crippen molar-refractivity contribution < 1.29 is 12.6 Å². The van der Waals surface area contributed by atoms with Crippen molar-refractivity contribution in [3.05, 3.63) is 170 Å². The molecule has 0 atom stereocenters. The molecule has 1 nitrogen and oxygen atoms in total. The summed E-state index contributed by atoms with van der Waals surface area (Å²) in [6, 6.07) is 42.7. The van der Waals surface area contributed by atoms with Crippen molar-refractivity contribution >= 4 is 43.5 Å². The smallest absolute Gasteiger partial charge is 0.143 e. The highest BCUT2D eigenvalue weighted by atomic mass is 16.3.